The summed E-state index contributed by atoms with van der Waals surface area (Å²) in [6.07, 6.45) is 0.870. The largest absolute Gasteiger partial charge is 0.309 e. The van der Waals surface area contributed by atoms with Gasteiger partial charge in [-0.2, -0.15) is 0 Å². The summed E-state index contributed by atoms with van der Waals surface area (Å²) < 4.78 is 27.6. The maximum absolute atomic E-state index is 14.1. The zero-order valence-electron chi connectivity index (χ0n) is 11.8. The lowest BCUT2D eigenvalue weighted by Gasteiger charge is -2.24. The Bertz CT molecular complexity index is 619. The predicted molar refractivity (Wildman–Crippen MR) is 82.6 cm³/mol. The highest BCUT2D eigenvalue weighted by Crippen LogP contribution is 2.43. The maximum Gasteiger partial charge on any atom is 0.128 e. The average Bonchev–Trinajstić information content (AvgIpc) is 2.91. The predicted octanol–water partition coefficient (Wildman–Crippen LogP) is 4.33. The Morgan fingerprint density at radius 3 is 2.81 bits per heavy atom. The minimum absolute atomic E-state index is 0.179. The number of nitrogens with one attached hydrogen (secondary N) is 1. The van der Waals surface area contributed by atoms with Gasteiger partial charge in [-0.1, -0.05) is 25.1 Å². The molecular formula is C17H17F2NS. The molecule has 2 aromatic carbocycles. The van der Waals surface area contributed by atoms with Crippen LogP contribution in [0.4, 0.5) is 8.78 Å². The molecule has 1 N–H and O–H groups in total. The lowest BCUT2D eigenvalue weighted by molar-refractivity contribution is 0.491. The van der Waals surface area contributed by atoms with Crippen molar-refractivity contribution in [2.75, 3.05) is 6.54 Å². The molecular weight excluding hydrogens is 288 g/mol. The molecule has 0 amide bonds. The van der Waals surface area contributed by atoms with Gasteiger partial charge in [0.05, 0.1) is 0 Å². The molecule has 0 aliphatic carbocycles. The molecule has 2 unspecified atom stereocenters. The summed E-state index contributed by atoms with van der Waals surface area (Å²) >= 11 is 1.74. The number of halogens is 2. The highest BCUT2D eigenvalue weighted by molar-refractivity contribution is 8.00. The van der Waals surface area contributed by atoms with E-state index in [9.17, 15) is 8.78 Å². The second kappa shape index (κ2) is 6.16. The van der Waals surface area contributed by atoms with Crippen molar-refractivity contribution in [3.05, 3.63) is 65.2 Å². The van der Waals surface area contributed by atoms with Gasteiger partial charge in [0.2, 0.25) is 0 Å². The van der Waals surface area contributed by atoms with Crippen molar-refractivity contribution in [1.29, 1.82) is 0 Å². The van der Waals surface area contributed by atoms with Gasteiger partial charge in [0, 0.05) is 21.8 Å². The van der Waals surface area contributed by atoms with Gasteiger partial charge in [-0.25, -0.2) is 8.78 Å². The van der Waals surface area contributed by atoms with E-state index in [0.29, 0.717) is 12.1 Å². The first-order valence-electron chi connectivity index (χ1n) is 7.12. The monoisotopic (exact) mass is 305 g/mol. The molecule has 0 radical (unpaired) electrons. The first kappa shape index (κ1) is 14.5. The molecule has 2 atom stereocenters. The van der Waals surface area contributed by atoms with Crippen molar-refractivity contribution in [2.45, 2.75) is 29.5 Å². The summed E-state index contributed by atoms with van der Waals surface area (Å²) in [6, 6.07) is 11.7. The van der Waals surface area contributed by atoms with Crippen LogP contribution < -0.4 is 5.32 Å². The van der Waals surface area contributed by atoms with E-state index in [1.807, 2.05) is 19.1 Å². The van der Waals surface area contributed by atoms with Crippen LogP contribution in [0.5, 0.6) is 0 Å². The smallest absolute Gasteiger partial charge is 0.128 e. The molecule has 0 aromatic heterocycles. The van der Waals surface area contributed by atoms with Crippen LogP contribution in [-0.2, 0) is 6.42 Å². The van der Waals surface area contributed by atoms with Crippen LogP contribution in [0.25, 0.3) is 0 Å². The van der Waals surface area contributed by atoms with Crippen molar-refractivity contribution < 1.29 is 8.78 Å². The van der Waals surface area contributed by atoms with Crippen LogP contribution in [-0.4, -0.2) is 11.8 Å². The Labute approximate surface area is 127 Å². The van der Waals surface area contributed by atoms with E-state index >= 15 is 0 Å². The summed E-state index contributed by atoms with van der Waals surface area (Å²) in [5.74, 6) is -0.742. The summed E-state index contributed by atoms with van der Waals surface area (Å²) in [6.45, 7) is 2.70. The van der Waals surface area contributed by atoms with Gasteiger partial charge in [0.15, 0.2) is 0 Å². The molecule has 0 saturated heterocycles. The molecule has 0 bridgehead atoms. The number of hydrogen-bond acceptors (Lipinski definition) is 2. The number of fused-ring (bicyclic) bond motifs is 1. The van der Waals surface area contributed by atoms with E-state index in [0.717, 1.165) is 6.42 Å². The van der Waals surface area contributed by atoms with Crippen molar-refractivity contribution in [2.24, 2.45) is 0 Å². The lowest BCUT2D eigenvalue weighted by atomic mass is 9.98. The molecule has 1 heterocycles. The Morgan fingerprint density at radius 2 is 2.05 bits per heavy atom. The van der Waals surface area contributed by atoms with Gasteiger partial charge < -0.3 is 5.32 Å². The zero-order chi connectivity index (χ0) is 14.8. The van der Waals surface area contributed by atoms with Crippen molar-refractivity contribution >= 4 is 11.8 Å². The van der Waals surface area contributed by atoms with E-state index in [1.165, 1.54) is 28.7 Å². The number of thioether (sulfide) groups is 1. The first-order valence-corrected chi connectivity index (χ1v) is 8.00. The number of hydrogen-bond donors (Lipinski definition) is 1. The van der Waals surface area contributed by atoms with Gasteiger partial charge in [-0.3, -0.25) is 0 Å². The summed E-state index contributed by atoms with van der Waals surface area (Å²) in [5, 5.41) is 3.50. The normalized spacial score (nSPS) is 18.5. The highest BCUT2D eigenvalue weighted by atomic mass is 32.2. The minimum atomic E-state index is -0.394. The third-order valence-electron chi connectivity index (χ3n) is 3.76. The fourth-order valence-corrected chi connectivity index (χ4v) is 4.24. The fraction of sp³-hybridized carbons (Fsp3) is 0.294. The van der Waals surface area contributed by atoms with Crippen molar-refractivity contribution in [3.63, 3.8) is 0 Å². The maximum atomic E-state index is 14.1. The van der Waals surface area contributed by atoms with Crippen LogP contribution >= 0.6 is 11.8 Å². The molecule has 21 heavy (non-hydrogen) atoms. The zero-order valence-corrected chi connectivity index (χ0v) is 12.6. The molecule has 2 aromatic rings. The topological polar surface area (TPSA) is 12.0 Å². The molecule has 0 saturated carbocycles. The Balaban J connectivity index is 1.91. The average molecular weight is 305 g/mol. The van der Waals surface area contributed by atoms with E-state index < -0.39 is 5.82 Å². The number of rotatable bonds is 4. The van der Waals surface area contributed by atoms with Crippen molar-refractivity contribution in [1.82, 2.24) is 5.32 Å². The van der Waals surface area contributed by atoms with Crippen molar-refractivity contribution in [3.8, 4) is 0 Å². The minimum Gasteiger partial charge on any atom is -0.309 e. The fourth-order valence-electron chi connectivity index (χ4n) is 2.81. The third kappa shape index (κ3) is 2.97. The van der Waals surface area contributed by atoms with Crippen LogP contribution in [0.15, 0.2) is 47.4 Å². The molecule has 4 heteroatoms. The standard InChI is InChI=1S/C17H17F2NS/c1-2-20-17(13-10-12(18)7-8-14(13)19)16-9-11-5-3-4-6-15(11)21-16/h3-8,10,16-17,20H,2,9H2,1H3. The second-order valence-electron chi connectivity index (χ2n) is 5.17. The van der Waals surface area contributed by atoms with Gasteiger partial charge in [0.25, 0.3) is 0 Å². The molecule has 1 aliphatic rings. The lowest BCUT2D eigenvalue weighted by Crippen LogP contribution is -2.30. The molecule has 3 rings (SSSR count). The highest BCUT2D eigenvalue weighted by Gasteiger charge is 2.31. The Kier molecular flexibility index (Phi) is 4.27. The SMILES string of the molecule is CCNC(c1cc(F)ccc1F)C1Cc2ccccc2S1. The molecule has 0 spiro atoms. The molecule has 0 fully saturated rings. The summed E-state index contributed by atoms with van der Waals surface area (Å²) in [4.78, 5) is 1.24. The van der Waals surface area contributed by atoms with Crippen LogP contribution in [0.1, 0.15) is 24.1 Å². The van der Waals surface area contributed by atoms with Gasteiger partial charge >= 0.3 is 0 Å². The Morgan fingerprint density at radius 1 is 1.24 bits per heavy atom. The van der Waals surface area contributed by atoms with E-state index in [2.05, 4.69) is 17.4 Å². The van der Waals surface area contributed by atoms with E-state index in [1.54, 1.807) is 11.8 Å². The molecule has 110 valence electrons. The molecule has 1 nitrogen and oxygen atoms in total. The molecule has 1 aliphatic heterocycles. The summed E-state index contributed by atoms with van der Waals surface area (Å²) in [5.41, 5.74) is 1.70. The van der Waals surface area contributed by atoms with Crippen LogP contribution in [0.3, 0.4) is 0 Å². The number of benzene rings is 2. The van der Waals surface area contributed by atoms with E-state index in [-0.39, 0.29) is 17.1 Å². The Hall–Kier alpha value is -1.39. The second-order valence-corrected chi connectivity index (χ2v) is 6.45. The van der Waals surface area contributed by atoms with Gasteiger partial charge in [-0.05, 0) is 42.8 Å². The third-order valence-corrected chi connectivity index (χ3v) is 5.15. The van der Waals surface area contributed by atoms with Crippen LogP contribution in [0, 0.1) is 11.6 Å². The van der Waals surface area contributed by atoms with E-state index in [4.69, 9.17) is 0 Å². The van der Waals surface area contributed by atoms with Gasteiger partial charge in [-0.15, -0.1) is 11.8 Å². The summed E-state index contributed by atoms with van der Waals surface area (Å²) in [7, 11) is 0. The van der Waals surface area contributed by atoms with Gasteiger partial charge in [0.1, 0.15) is 11.6 Å². The van der Waals surface area contributed by atoms with Crippen LogP contribution in [0.2, 0.25) is 0 Å². The first-order chi connectivity index (χ1) is 10.2. The quantitative estimate of drug-likeness (QED) is 0.902.